The van der Waals surface area contributed by atoms with E-state index in [1.807, 2.05) is 65.6 Å². The maximum atomic E-state index is 12.9. The molecule has 0 N–H and O–H groups in total. The van der Waals surface area contributed by atoms with Gasteiger partial charge in [-0.3, -0.25) is 4.79 Å². The first-order valence-electron chi connectivity index (χ1n) is 12.3. The summed E-state index contributed by atoms with van der Waals surface area (Å²) < 4.78 is 8.43. The Hall–Kier alpha value is -3.86. The molecule has 1 aromatic heterocycles. The van der Waals surface area contributed by atoms with Crippen LogP contribution in [0, 0.1) is 0 Å². The number of para-hydroxylation sites is 3. The van der Waals surface area contributed by atoms with Gasteiger partial charge in [0.25, 0.3) is 0 Å². The minimum atomic E-state index is 0.0822. The summed E-state index contributed by atoms with van der Waals surface area (Å²) in [6, 6.07) is 26.6. The molecule has 1 amide bonds. The third-order valence-corrected chi connectivity index (χ3v) is 6.69. The van der Waals surface area contributed by atoms with Gasteiger partial charge in [0.05, 0.1) is 17.6 Å². The molecule has 1 aliphatic rings. The van der Waals surface area contributed by atoms with Crippen molar-refractivity contribution in [2.45, 2.75) is 31.7 Å². The second kappa shape index (κ2) is 10.6. The minimum Gasteiger partial charge on any atom is -0.491 e. The Kier molecular flexibility index (Phi) is 6.94. The van der Waals surface area contributed by atoms with E-state index in [0.717, 1.165) is 47.6 Å². The summed E-state index contributed by atoms with van der Waals surface area (Å²) in [5.74, 6) is 2.16. The molecule has 1 saturated heterocycles. The van der Waals surface area contributed by atoms with Crippen LogP contribution in [-0.4, -0.2) is 40.1 Å². The van der Waals surface area contributed by atoms with Gasteiger partial charge < -0.3 is 14.2 Å². The first-order chi connectivity index (χ1) is 17.2. The van der Waals surface area contributed by atoms with Crippen molar-refractivity contribution in [2.24, 2.45) is 0 Å². The molecule has 1 fully saturated rings. The fourth-order valence-corrected chi connectivity index (χ4v) is 4.93. The molecule has 1 aliphatic heterocycles. The van der Waals surface area contributed by atoms with Crippen molar-refractivity contribution in [3.05, 3.63) is 108 Å². The lowest BCUT2D eigenvalue weighted by molar-refractivity contribution is -0.127. The molecule has 5 heteroatoms. The molecule has 1 unspecified atom stereocenters. The van der Waals surface area contributed by atoms with Gasteiger partial charge in [-0.15, -0.1) is 6.58 Å². The number of nitrogens with zero attached hydrogens (tertiary/aromatic N) is 3. The summed E-state index contributed by atoms with van der Waals surface area (Å²) in [5, 5.41) is 0. The van der Waals surface area contributed by atoms with Crippen molar-refractivity contribution in [1.82, 2.24) is 14.5 Å². The smallest absolute Gasteiger partial charge is 0.223 e. The van der Waals surface area contributed by atoms with Crippen molar-refractivity contribution < 1.29 is 9.53 Å². The number of aromatic nitrogens is 2. The van der Waals surface area contributed by atoms with Gasteiger partial charge in [-0.25, -0.2) is 4.98 Å². The van der Waals surface area contributed by atoms with E-state index in [2.05, 4.69) is 35.4 Å². The highest BCUT2D eigenvalue weighted by Gasteiger charge is 2.33. The number of benzene rings is 3. The second-order valence-electron chi connectivity index (χ2n) is 9.04. The van der Waals surface area contributed by atoms with Gasteiger partial charge in [0.2, 0.25) is 5.91 Å². The van der Waals surface area contributed by atoms with Crippen LogP contribution in [0.5, 0.6) is 5.75 Å². The number of fused-ring (bicyclic) bond motifs is 1. The summed E-state index contributed by atoms with van der Waals surface area (Å²) in [6.07, 6.45) is 4.04. The molecular formula is C30H31N3O2. The monoisotopic (exact) mass is 465 g/mol. The maximum Gasteiger partial charge on any atom is 0.223 e. The predicted octanol–water partition coefficient (Wildman–Crippen LogP) is 5.40. The summed E-state index contributed by atoms with van der Waals surface area (Å²) in [4.78, 5) is 19.8. The number of likely N-dealkylation sites (tertiary alicyclic amines) is 1. The molecule has 3 aromatic carbocycles. The summed E-state index contributed by atoms with van der Waals surface area (Å²) in [6.45, 7) is 6.50. The van der Waals surface area contributed by atoms with Crippen molar-refractivity contribution in [2.75, 3.05) is 19.7 Å². The van der Waals surface area contributed by atoms with Crippen LogP contribution >= 0.6 is 0 Å². The van der Waals surface area contributed by atoms with E-state index in [1.165, 1.54) is 5.56 Å². The first-order valence-corrected chi connectivity index (χ1v) is 12.3. The van der Waals surface area contributed by atoms with E-state index in [1.54, 1.807) is 0 Å². The van der Waals surface area contributed by atoms with Crippen LogP contribution in [0.4, 0.5) is 0 Å². The average molecular weight is 466 g/mol. The topological polar surface area (TPSA) is 47.4 Å². The summed E-state index contributed by atoms with van der Waals surface area (Å²) >= 11 is 0. The molecule has 4 aromatic rings. The molecule has 0 spiro atoms. The molecular weight excluding hydrogens is 434 g/mol. The van der Waals surface area contributed by atoms with E-state index in [-0.39, 0.29) is 11.8 Å². The summed E-state index contributed by atoms with van der Waals surface area (Å²) in [5.41, 5.74) is 4.43. The number of imidazole rings is 1. The lowest BCUT2D eigenvalue weighted by Crippen LogP contribution is -2.27. The van der Waals surface area contributed by atoms with Gasteiger partial charge in [-0.1, -0.05) is 66.7 Å². The lowest BCUT2D eigenvalue weighted by Gasteiger charge is -2.18. The van der Waals surface area contributed by atoms with E-state index in [4.69, 9.17) is 9.72 Å². The Morgan fingerprint density at radius 1 is 0.971 bits per heavy atom. The number of rotatable bonds is 10. The van der Waals surface area contributed by atoms with E-state index < -0.39 is 0 Å². The second-order valence-corrected chi connectivity index (χ2v) is 9.04. The molecule has 0 saturated carbocycles. The number of ether oxygens (including phenoxy) is 1. The largest absolute Gasteiger partial charge is 0.491 e. The standard InChI is InChI=1S/C30H31N3O2/c1-2-10-24-13-6-9-16-28(24)35-20-19-33-27-15-8-7-14-26(27)31-30(33)25-21-29(34)32(22-25)18-17-23-11-4-3-5-12-23/h2-9,11-16,25H,1,10,17-22H2. The maximum absolute atomic E-state index is 12.9. The zero-order chi connectivity index (χ0) is 24.0. The highest BCUT2D eigenvalue weighted by molar-refractivity contribution is 5.81. The van der Waals surface area contributed by atoms with E-state index in [9.17, 15) is 4.79 Å². The number of carbonyl (C=O) groups is 1. The molecule has 5 nitrogen and oxygen atoms in total. The van der Waals surface area contributed by atoms with Crippen LogP contribution in [0.3, 0.4) is 0 Å². The average Bonchev–Trinajstić information content (AvgIpc) is 3.45. The number of hydrogen-bond acceptors (Lipinski definition) is 3. The van der Waals surface area contributed by atoms with Crippen LogP contribution in [-0.2, 0) is 24.2 Å². The zero-order valence-corrected chi connectivity index (χ0v) is 20.0. The SMILES string of the molecule is C=CCc1ccccc1OCCn1c(C2CC(=O)N(CCc3ccccc3)C2)nc2ccccc21. The minimum absolute atomic E-state index is 0.0822. The normalized spacial score (nSPS) is 15.6. The van der Waals surface area contributed by atoms with E-state index in [0.29, 0.717) is 26.1 Å². The van der Waals surface area contributed by atoms with Crippen LogP contribution in [0.1, 0.15) is 29.3 Å². The highest BCUT2D eigenvalue weighted by Crippen LogP contribution is 2.30. The Labute approximate surface area is 206 Å². The lowest BCUT2D eigenvalue weighted by atomic mass is 10.1. The van der Waals surface area contributed by atoms with Gasteiger partial charge in [0, 0.05) is 25.4 Å². The van der Waals surface area contributed by atoms with Gasteiger partial charge >= 0.3 is 0 Å². The Bertz CT molecular complexity index is 1310. The van der Waals surface area contributed by atoms with Crippen LogP contribution < -0.4 is 4.74 Å². The molecule has 178 valence electrons. The van der Waals surface area contributed by atoms with Crippen molar-refractivity contribution >= 4 is 16.9 Å². The molecule has 0 aliphatic carbocycles. The molecule has 5 rings (SSSR count). The number of allylic oxidation sites excluding steroid dienone is 1. The zero-order valence-electron chi connectivity index (χ0n) is 20.0. The third kappa shape index (κ3) is 5.14. The van der Waals surface area contributed by atoms with Gasteiger partial charge in [0.15, 0.2) is 0 Å². The van der Waals surface area contributed by atoms with Gasteiger partial charge in [-0.05, 0) is 42.2 Å². The molecule has 35 heavy (non-hydrogen) atoms. The molecule has 1 atom stereocenters. The Morgan fingerprint density at radius 3 is 2.60 bits per heavy atom. The van der Waals surface area contributed by atoms with Crippen molar-refractivity contribution in [3.63, 3.8) is 0 Å². The Morgan fingerprint density at radius 2 is 1.74 bits per heavy atom. The highest BCUT2D eigenvalue weighted by atomic mass is 16.5. The number of carbonyl (C=O) groups excluding carboxylic acids is 1. The Balaban J connectivity index is 1.31. The van der Waals surface area contributed by atoms with Gasteiger partial charge in [0.1, 0.15) is 18.2 Å². The molecule has 2 heterocycles. The fourth-order valence-electron chi connectivity index (χ4n) is 4.93. The van der Waals surface area contributed by atoms with Gasteiger partial charge in [-0.2, -0.15) is 0 Å². The first kappa shape index (κ1) is 22.9. The van der Waals surface area contributed by atoms with Crippen molar-refractivity contribution in [1.29, 1.82) is 0 Å². The fraction of sp³-hybridized carbons (Fsp3) is 0.267. The third-order valence-electron chi connectivity index (χ3n) is 6.69. The predicted molar refractivity (Wildman–Crippen MR) is 140 cm³/mol. The van der Waals surface area contributed by atoms with Crippen molar-refractivity contribution in [3.8, 4) is 5.75 Å². The van der Waals surface area contributed by atoms with Crippen LogP contribution in [0.15, 0.2) is 91.5 Å². The summed E-state index contributed by atoms with van der Waals surface area (Å²) in [7, 11) is 0. The van der Waals surface area contributed by atoms with Crippen LogP contribution in [0.25, 0.3) is 11.0 Å². The van der Waals surface area contributed by atoms with E-state index >= 15 is 0 Å². The van der Waals surface area contributed by atoms with Crippen LogP contribution in [0.2, 0.25) is 0 Å². The quantitative estimate of drug-likeness (QED) is 0.295. The molecule has 0 bridgehead atoms. The molecule has 0 radical (unpaired) electrons. The number of amides is 1. The number of hydrogen-bond donors (Lipinski definition) is 0.